The molecule has 14 heavy (non-hydrogen) atoms. The Morgan fingerprint density at radius 2 is 2.36 bits per heavy atom. The van der Waals surface area contributed by atoms with Crippen LogP contribution in [0.25, 0.3) is 0 Å². The van der Waals surface area contributed by atoms with Gasteiger partial charge in [-0.15, -0.1) is 0 Å². The van der Waals surface area contributed by atoms with Crippen LogP contribution in [-0.2, 0) is 0 Å². The lowest BCUT2D eigenvalue weighted by molar-refractivity contribution is 0.641. The van der Waals surface area contributed by atoms with Crippen LogP contribution in [0.3, 0.4) is 0 Å². The van der Waals surface area contributed by atoms with Crippen LogP contribution in [0.4, 0.5) is 5.69 Å². The van der Waals surface area contributed by atoms with E-state index >= 15 is 0 Å². The number of hydrogen-bond donors (Lipinski definition) is 1. The minimum Gasteiger partial charge on any atom is -0.381 e. The summed E-state index contributed by atoms with van der Waals surface area (Å²) in [4.78, 5) is 4.13. The summed E-state index contributed by atoms with van der Waals surface area (Å²) in [6.07, 6.45) is 7.91. The molecule has 1 aliphatic rings. The van der Waals surface area contributed by atoms with E-state index in [2.05, 4.69) is 24.1 Å². The van der Waals surface area contributed by atoms with Crippen molar-refractivity contribution in [3.63, 3.8) is 0 Å². The smallest absolute Gasteiger partial charge is 0.0558 e. The Balaban J connectivity index is 1.91. The second kappa shape index (κ2) is 3.99. The predicted octanol–water partition coefficient (Wildman–Crippen LogP) is 2.99. The second-order valence-electron chi connectivity index (χ2n) is 4.42. The van der Waals surface area contributed by atoms with Gasteiger partial charge < -0.3 is 5.32 Å². The van der Waals surface area contributed by atoms with Crippen molar-refractivity contribution in [3.8, 4) is 0 Å². The van der Waals surface area contributed by atoms with Gasteiger partial charge in [-0.2, -0.15) is 0 Å². The second-order valence-corrected chi connectivity index (χ2v) is 4.42. The number of hydrogen-bond acceptors (Lipinski definition) is 2. The van der Waals surface area contributed by atoms with Crippen molar-refractivity contribution in [2.75, 3.05) is 5.32 Å². The Hall–Kier alpha value is -1.05. The molecule has 1 saturated carbocycles. The Morgan fingerprint density at radius 1 is 1.57 bits per heavy atom. The quantitative estimate of drug-likeness (QED) is 0.789. The third-order valence-corrected chi connectivity index (χ3v) is 2.82. The lowest BCUT2D eigenvalue weighted by Gasteiger charge is -2.15. The molecule has 0 saturated heterocycles. The normalized spacial score (nSPS) is 17.9. The Morgan fingerprint density at radius 3 is 3.00 bits per heavy atom. The van der Waals surface area contributed by atoms with Gasteiger partial charge in [-0.05, 0) is 37.8 Å². The molecule has 0 aromatic carbocycles. The first-order valence-electron chi connectivity index (χ1n) is 5.43. The topological polar surface area (TPSA) is 24.9 Å². The average Bonchev–Trinajstić information content (AvgIpc) is 2.93. The molecule has 0 bridgehead atoms. The number of nitrogens with one attached hydrogen (secondary N) is 1. The van der Waals surface area contributed by atoms with Gasteiger partial charge in [-0.1, -0.05) is 12.8 Å². The van der Waals surface area contributed by atoms with Crippen molar-refractivity contribution in [2.45, 2.75) is 39.2 Å². The highest BCUT2D eigenvalue weighted by atomic mass is 14.9. The minimum atomic E-state index is 0.574. The highest BCUT2D eigenvalue weighted by molar-refractivity contribution is 5.48. The summed E-state index contributed by atoms with van der Waals surface area (Å²) in [7, 11) is 0. The van der Waals surface area contributed by atoms with E-state index < -0.39 is 0 Å². The molecule has 0 radical (unpaired) electrons. The number of anilines is 1. The Bertz CT molecular complexity index is 305. The molecule has 1 atom stereocenters. The minimum absolute atomic E-state index is 0.574. The van der Waals surface area contributed by atoms with Crippen molar-refractivity contribution in [2.24, 2.45) is 5.92 Å². The van der Waals surface area contributed by atoms with Crippen LogP contribution >= 0.6 is 0 Å². The molecule has 76 valence electrons. The number of aromatic nitrogens is 1. The Labute approximate surface area is 85.7 Å². The lowest BCUT2D eigenvalue weighted by atomic mass is 10.1. The molecule has 2 heteroatoms. The van der Waals surface area contributed by atoms with E-state index in [9.17, 15) is 0 Å². The molecule has 2 nitrogen and oxygen atoms in total. The summed E-state index contributed by atoms with van der Waals surface area (Å²) in [6, 6.07) is 2.62. The molecule has 0 amide bonds. The van der Waals surface area contributed by atoms with E-state index in [0.29, 0.717) is 6.04 Å². The fourth-order valence-corrected chi connectivity index (χ4v) is 1.79. The summed E-state index contributed by atoms with van der Waals surface area (Å²) in [5.74, 6) is 0.981. The summed E-state index contributed by atoms with van der Waals surface area (Å²) >= 11 is 0. The fourth-order valence-electron chi connectivity index (χ4n) is 1.79. The van der Waals surface area contributed by atoms with Gasteiger partial charge >= 0.3 is 0 Å². The number of rotatable bonds is 4. The zero-order valence-corrected chi connectivity index (χ0v) is 8.96. The summed E-state index contributed by atoms with van der Waals surface area (Å²) in [5.41, 5.74) is 2.46. The lowest BCUT2D eigenvalue weighted by Crippen LogP contribution is -2.16. The Kier molecular flexibility index (Phi) is 2.71. The largest absolute Gasteiger partial charge is 0.381 e. The molecule has 1 aromatic heterocycles. The molecule has 0 spiro atoms. The number of aryl methyl sites for hydroxylation is 1. The fraction of sp³-hybridized carbons (Fsp3) is 0.583. The summed E-state index contributed by atoms with van der Waals surface area (Å²) < 4.78 is 0. The van der Waals surface area contributed by atoms with E-state index in [1.807, 2.05) is 18.5 Å². The van der Waals surface area contributed by atoms with Crippen molar-refractivity contribution in [1.82, 2.24) is 4.98 Å². The molecule has 0 aliphatic heterocycles. The SMILES string of the molecule is Cc1ccncc1NC(C)CC1CC1. The molecule has 1 aliphatic carbocycles. The van der Waals surface area contributed by atoms with E-state index in [-0.39, 0.29) is 0 Å². The maximum Gasteiger partial charge on any atom is 0.0558 e. The molecule has 1 aromatic rings. The third-order valence-electron chi connectivity index (χ3n) is 2.82. The van der Waals surface area contributed by atoms with E-state index in [1.165, 1.54) is 30.5 Å². The van der Waals surface area contributed by atoms with Crippen LogP contribution in [0, 0.1) is 12.8 Å². The zero-order valence-electron chi connectivity index (χ0n) is 8.96. The van der Waals surface area contributed by atoms with Gasteiger partial charge in [-0.3, -0.25) is 4.98 Å². The van der Waals surface area contributed by atoms with Gasteiger partial charge in [0.05, 0.1) is 11.9 Å². The summed E-state index contributed by atoms with van der Waals surface area (Å²) in [6.45, 7) is 4.37. The average molecular weight is 190 g/mol. The number of pyridine rings is 1. The van der Waals surface area contributed by atoms with Gasteiger partial charge in [0.25, 0.3) is 0 Å². The predicted molar refractivity (Wildman–Crippen MR) is 59.4 cm³/mol. The van der Waals surface area contributed by atoms with Crippen LogP contribution < -0.4 is 5.32 Å². The van der Waals surface area contributed by atoms with E-state index in [4.69, 9.17) is 0 Å². The van der Waals surface area contributed by atoms with Crippen molar-refractivity contribution < 1.29 is 0 Å². The van der Waals surface area contributed by atoms with Crippen LogP contribution in [0.5, 0.6) is 0 Å². The standard InChI is InChI=1S/C12H18N2/c1-9-5-6-13-8-12(9)14-10(2)7-11-3-4-11/h5-6,8,10-11,14H,3-4,7H2,1-2H3. The molecule has 1 heterocycles. The van der Waals surface area contributed by atoms with Gasteiger partial charge in [0.2, 0.25) is 0 Å². The van der Waals surface area contributed by atoms with E-state index in [0.717, 1.165) is 5.92 Å². The number of nitrogens with zero attached hydrogens (tertiary/aromatic N) is 1. The third kappa shape index (κ3) is 2.47. The molecular weight excluding hydrogens is 172 g/mol. The van der Waals surface area contributed by atoms with Gasteiger partial charge in [-0.25, -0.2) is 0 Å². The van der Waals surface area contributed by atoms with Crippen molar-refractivity contribution in [1.29, 1.82) is 0 Å². The van der Waals surface area contributed by atoms with E-state index in [1.54, 1.807) is 0 Å². The maximum absolute atomic E-state index is 4.13. The van der Waals surface area contributed by atoms with Crippen LogP contribution in [0.1, 0.15) is 31.7 Å². The van der Waals surface area contributed by atoms with Crippen LogP contribution in [-0.4, -0.2) is 11.0 Å². The zero-order chi connectivity index (χ0) is 9.97. The molecular formula is C12H18N2. The first kappa shape index (κ1) is 9.50. The van der Waals surface area contributed by atoms with Crippen LogP contribution in [0.2, 0.25) is 0 Å². The molecule has 1 N–H and O–H groups in total. The van der Waals surface area contributed by atoms with Crippen LogP contribution in [0.15, 0.2) is 18.5 Å². The van der Waals surface area contributed by atoms with Gasteiger partial charge in [0, 0.05) is 12.2 Å². The first-order valence-corrected chi connectivity index (χ1v) is 5.43. The maximum atomic E-state index is 4.13. The first-order chi connectivity index (χ1) is 6.75. The van der Waals surface area contributed by atoms with Gasteiger partial charge in [0.1, 0.15) is 0 Å². The van der Waals surface area contributed by atoms with Crippen molar-refractivity contribution >= 4 is 5.69 Å². The van der Waals surface area contributed by atoms with Gasteiger partial charge in [0.15, 0.2) is 0 Å². The molecule has 1 unspecified atom stereocenters. The molecule has 1 fully saturated rings. The van der Waals surface area contributed by atoms with Crippen molar-refractivity contribution in [3.05, 3.63) is 24.0 Å². The molecule has 2 rings (SSSR count). The highest BCUT2D eigenvalue weighted by Gasteiger charge is 2.23. The highest BCUT2D eigenvalue weighted by Crippen LogP contribution is 2.34. The summed E-state index contributed by atoms with van der Waals surface area (Å²) in [5, 5.41) is 3.52. The monoisotopic (exact) mass is 190 g/mol.